The number of hydrogen-bond acceptors (Lipinski definition) is 3. The summed E-state index contributed by atoms with van der Waals surface area (Å²) < 4.78 is 11.4. The highest BCUT2D eigenvalue weighted by molar-refractivity contribution is 7.26. The van der Waals surface area contributed by atoms with Crippen LogP contribution in [-0.2, 0) is 0 Å². The van der Waals surface area contributed by atoms with Gasteiger partial charge in [0.2, 0.25) is 0 Å². The van der Waals surface area contributed by atoms with Crippen molar-refractivity contribution in [3.63, 3.8) is 0 Å². The molecule has 0 radical (unpaired) electrons. The quantitative estimate of drug-likeness (QED) is 0.168. The molecule has 0 atom stereocenters. The summed E-state index contributed by atoms with van der Waals surface area (Å²) in [6, 6.07) is 74.4. The number of thiophene rings is 1. The van der Waals surface area contributed by atoms with Crippen molar-refractivity contribution in [2.45, 2.75) is 0 Å². The Kier molecular flexibility index (Phi) is 7.40. The number of nitrogens with zero attached hydrogens (tertiary/aromatic N) is 2. The van der Waals surface area contributed by atoms with E-state index in [-0.39, 0.29) is 0 Å². The van der Waals surface area contributed by atoms with Gasteiger partial charge < -0.3 is 13.9 Å². The van der Waals surface area contributed by atoms with Gasteiger partial charge in [-0.05, 0) is 89.5 Å². The average Bonchev–Trinajstić information content (AvgIpc) is 3.97. The number of para-hydroxylation sites is 3. The zero-order valence-electron chi connectivity index (χ0n) is 31.3. The van der Waals surface area contributed by atoms with E-state index in [1.54, 1.807) is 0 Å². The molecule has 0 saturated heterocycles. The molecule has 0 aliphatic carbocycles. The summed E-state index contributed by atoms with van der Waals surface area (Å²) in [6.45, 7) is 0. The van der Waals surface area contributed by atoms with Crippen LogP contribution in [-0.4, -0.2) is 4.57 Å². The molecule has 0 bridgehead atoms. The Morgan fingerprint density at radius 1 is 0.414 bits per heavy atom. The van der Waals surface area contributed by atoms with E-state index in [0.29, 0.717) is 0 Å². The number of furan rings is 1. The average molecular weight is 759 g/mol. The van der Waals surface area contributed by atoms with Gasteiger partial charge in [0.1, 0.15) is 11.2 Å². The van der Waals surface area contributed by atoms with E-state index in [1.807, 2.05) is 23.5 Å². The third-order valence-electron chi connectivity index (χ3n) is 11.6. The molecule has 0 aliphatic heterocycles. The lowest BCUT2D eigenvalue weighted by atomic mass is 10.0. The third-order valence-corrected chi connectivity index (χ3v) is 12.8. The Bertz CT molecular complexity index is 3500. The van der Waals surface area contributed by atoms with E-state index >= 15 is 0 Å². The van der Waals surface area contributed by atoms with Crippen LogP contribution in [0.1, 0.15) is 0 Å². The Hall–Kier alpha value is -7.40. The molecule has 0 unspecified atom stereocenters. The highest BCUT2D eigenvalue weighted by Crippen LogP contribution is 2.46. The van der Waals surface area contributed by atoms with E-state index in [9.17, 15) is 0 Å². The molecule has 58 heavy (non-hydrogen) atoms. The molecule has 3 nitrogen and oxygen atoms in total. The van der Waals surface area contributed by atoms with Crippen LogP contribution in [0.4, 0.5) is 17.1 Å². The number of aromatic nitrogens is 1. The third kappa shape index (κ3) is 5.12. The van der Waals surface area contributed by atoms with Gasteiger partial charge in [-0.15, -0.1) is 11.3 Å². The lowest BCUT2D eigenvalue weighted by molar-refractivity contribution is 0.669. The first kappa shape index (κ1) is 32.8. The van der Waals surface area contributed by atoms with E-state index in [1.165, 1.54) is 64.2 Å². The Morgan fingerprint density at radius 3 is 1.91 bits per heavy atom. The Morgan fingerprint density at radius 2 is 1.07 bits per heavy atom. The standard InChI is InChI=1S/C54H34N2OS/c1-3-14-35(15-4-1)37-28-31-42-41-18-7-10-21-47(41)56(49(42)32-37)40-33-45(54-46(34-40)43-19-9-12-25-52(43)58-54)36-26-29-39(30-27-36)55(38-16-5-2-6-17-38)48-22-13-24-51-53(48)44-20-8-11-23-50(44)57-51/h1-34H. The van der Waals surface area contributed by atoms with Gasteiger partial charge in [0.05, 0.1) is 22.1 Å². The molecule has 272 valence electrons. The van der Waals surface area contributed by atoms with Gasteiger partial charge in [0.15, 0.2) is 0 Å². The maximum absolute atomic E-state index is 6.35. The number of benzene rings is 9. The van der Waals surface area contributed by atoms with Gasteiger partial charge in [-0.1, -0.05) is 133 Å². The second-order valence-corrected chi connectivity index (χ2v) is 15.9. The predicted octanol–water partition coefficient (Wildman–Crippen LogP) is 15.9. The summed E-state index contributed by atoms with van der Waals surface area (Å²) >= 11 is 1.87. The number of rotatable bonds is 6. The summed E-state index contributed by atoms with van der Waals surface area (Å²) in [4.78, 5) is 2.35. The van der Waals surface area contributed by atoms with Gasteiger partial charge in [0.25, 0.3) is 0 Å². The number of fused-ring (bicyclic) bond motifs is 9. The van der Waals surface area contributed by atoms with E-state index < -0.39 is 0 Å². The smallest absolute Gasteiger partial charge is 0.137 e. The fourth-order valence-electron chi connectivity index (χ4n) is 8.95. The van der Waals surface area contributed by atoms with Crippen molar-refractivity contribution in [2.24, 2.45) is 0 Å². The van der Waals surface area contributed by atoms with Crippen LogP contribution in [0, 0.1) is 0 Å². The molecule has 0 N–H and O–H groups in total. The molecule has 4 heteroatoms. The molecule has 12 rings (SSSR count). The van der Waals surface area contributed by atoms with Crippen LogP contribution in [0.5, 0.6) is 0 Å². The molecule has 0 fully saturated rings. The monoisotopic (exact) mass is 758 g/mol. The minimum atomic E-state index is 0.876. The summed E-state index contributed by atoms with van der Waals surface area (Å²) in [7, 11) is 0. The second-order valence-electron chi connectivity index (χ2n) is 14.9. The summed E-state index contributed by atoms with van der Waals surface area (Å²) in [6.07, 6.45) is 0. The second kappa shape index (κ2) is 13.1. The minimum Gasteiger partial charge on any atom is -0.456 e. The largest absolute Gasteiger partial charge is 0.456 e. The van der Waals surface area contributed by atoms with E-state index in [0.717, 1.165) is 44.7 Å². The van der Waals surface area contributed by atoms with Crippen molar-refractivity contribution in [1.29, 1.82) is 0 Å². The first-order valence-corrected chi connectivity index (χ1v) is 20.5. The van der Waals surface area contributed by atoms with Crippen molar-refractivity contribution in [1.82, 2.24) is 4.57 Å². The molecule has 0 saturated carbocycles. The molecule has 0 spiro atoms. The normalized spacial score (nSPS) is 11.8. The van der Waals surface area contributed by atoms with Gasteiger partial charge in [0, 0.05) is 59.0 Å². The SMILES string of the molecule is c1ccc(-c2ccc3c4ccccc4n(-c4cc(-c5ccc(N(c6ccccc6)c6cccc7oc8ccccc8c67)cc5)c5sc6ccccc6c5c4)c3c2)cc1. The Balaban J connectivity index is 1.07. The van der Waals surface area contributed by atoms with Crippen LogP contribution < -0.4 is 4.90 Å². The molecule has 0 aliphatic rings. The first-order chi connectivity index (χ1) is 28.8. The maximum atomic E-state index is 6.35. The highest BCUT2D eigenvalue weighted by Gasteiger charge is 2.21. The molecule has 12 aromatic rings. The molecule has 3 aromatic heterocycles. The van der Waals surface area contributed by atoms with Gasteiger partial charge >= 0.3 is 0 Å². The van der Waals surface area contributed by atoms with Gasteiger partial charge in [-0.2, -0.15) is 0 Å². The Labute approximate surface area is 338 Å². The summed E-state index contributed by atoms with van der Waals surface area (Å²) in [5.41, 5.74) is 13.4. The zero-order valence-corrected chi connectivity index (χ0v) is 32.2. The van der Waals surface area contributed by atoms with E-state index in [4.69, 9.17) is 4.42 Å². The minimum absolute atomic E-state index is 0.876. The van der Waals surface area contributed by atoms with Crippen molar-refractivity contribution in [3.8, 4) is 27.9 Å². The lowest BCUT2D eigenvalue weighted by Gasteiger charge is -2.26. The first-order valence-electron chi connectivity index (χ1n) is 19.7. The van der Waals surface area contributed by atoms with Crippen molar-refractivity contribution in [3.05, 3.63) is 206 Å². The zero-order chi connectivity index (χ0) is 38.2. The van der Waals surface area contributed by atoms with Crippen molar-refractivity contribution >= 4 is 92.3 Å². The topological polar surface area (TPSA) is 21.3 Å². The fourth-order valence-corrected chi connectivity index (χ4v) is 10.2. The molecule has 3 heterocycles. The molecule has 9 aromatic carbocycles. The lowest BCUT2D eigenvalue weighted by Crippen LogP contribution is -2.10. The van der Waals surface area contributed by atoms with Crippen LogP contribution in [0.25, 0.3) is 91.9 Å². The molecular weight excluding hydrogens is 725 g/mol. The summed E-state index contributed by atoms with van der Waals surface area (Å²) in [5, 5.41) is 7.26. The van der Waals surface area contributed by atoms with Crippen LogP contribution in [0.15, 0.2) is 211 Å². The summed E-state index contributed by atoms with van der Waals surface area (Å²) in [5.74, 6) is 0. The van der Waals surface area contributed by atoms with Crippen molar-refractivity contribution < 1.29 is 4.42 Å². The molecular formula is C54H34N2OS. The molecule has 0 amide bonds. The van der Waals surface area contributed by atoms with Crippen LogP contribution in [0.3, 0.4) is 0 Å². The van der Waals surface area contributed by atoms with Crippen LogP contribution >= 0.6 is 11.3 Å². The van der Waals surface area contributed by atoms with Crippen molar-refractivity contribution in [2.75, 3.05) is 4.90 Å². The van der Waals surface area contributed by atoms with Gasteiger partial charge in [-0.3, -0.25) is 0 Å². The fraction of sp³-hybridized carbons (Fsp3) is 0. The van der Waals surface area contributed by atoms with Gasteiger partial charge in [-0.25, -0.2) is 0 Å². The number of hydrogen-bond donors (Lipinski definition) is 0. The van der Waals surface area contributed by atoms with Crippen LogP contribution in [0.2, 0.25) is 0 Å². The van der Waals surface area contributed by atoms with E-state index in [2.05, 4.69) is 204 Å². The number of anilines is 3. The predicted molar refractivity (Wildman–Crippen MR) is 247 cm³/mol. The highest BCUT2D eigenvalue weighted by atomic mass is 32.1. The maximum Gasteiger partial charge on any atom is 0.137 e.